The first-order valence-electron chi connectivity index (χ1n) is 8.01. The molecule has 6 nitrogen and oxygen atoms in total. The summed E-state index contributed by atoms with van der Waals surface area (Å²) in [6, 6.07) is 6.17. The van der Waals surface area contributed by atoms with E-state index in [1.54, 1.807) is 24.1 Å². The Morgan fingerprint density at radius 3 is 2.36 bits per heavy atom. The lowest BCUT2D eigenvalue weighted by molar-refractivity contribution is -0.135. The molecule has 0 saturated carbocycles. The Balaban J connectivity index is 0.00000312. The number of amides is 1. The van der Waals surface area contributed by atoms with Crippen molar-refractivity contribution in [2.24, 2.45) is 5.92 Å². The van der Waals surface area contributed by atoms with Crippen LogP contribution in [0, 0.1) is 5.92 Å². The Hall–Kier alpha value is -0.860. The van der Waals surface area contributed by atoms with Crippen molar-refractivity contribution in [1.29, 1.82) is 0 Å². The zero-order valence-corrected chi connectivity index (χ0v) is 16.8. The number of carbonyl (C=O) groups excluding carboxylic acids is 1. The minimum Gasteiger partial charge on any atom is -0.344 e. The van der Waals surface area contributed by atoms with Gasteiger partial charge in [0.2, 0.25) is 15.9 Å². The standard InChI is InChI=1S/C16H24ClN3O3S.ClH/c1-18-9-12-19(2)16(21)13-7-10-20(11-8-13)24(22,23)15-5-3-14(17)4-6-15;/h3-6,13,18H,7-12H2,1-2H3;1H. The molecule has 0 spiro atoms. The van der Waals surface area contributed by atoms with Gasteiger partial charge in [-0.05, 0) is 44.2 Å². The molecule has 1 N–H and O–H groups in total. The molecule has 1 aliphatic rings. The number of nitrogens with one attached hydrogen (secondary N) is 1. The van der Waals surface area contributed by atoms with E-state index in [-0.39, 0.29) is 29.1 Å². The number of hydrogen-bond acceptors (Lipinski definition) is 4. The van der Waals surface area contributed by atoms with Crippen LogP contribution in [0.15, 0.2) is 29.2 Å². The number of sulfonamides is 1. The number of piperidine rings is 1. The number of halogens is 2. The van der Waals surface area contributed by atoms with Gasteiger partial charge in [0.1, 0.15) is 0 Å². The largest absolute Gasteiger partial charge is 0.344 e. The monoisotopic (exact) mass is 409 g/mol. The second-order valence-corrected chi connectivity index (χ2v) is 8.37. The van der Waals surface area contributed by atoms with Gasteiger partial charge in [0, 0.05) is 44.2 Å². The first-order valence-corrected chi connectivity index (χ1v) is 9.83. The average molecular weight is 410 g/mol. The van der Waals surface area contributed by atoms with Gasteiger partial charge in [0.05, 0.1) is 4.90 Å². The second-order valence-electron chi connectivity index (χ2n) is 6.00. The number of likely N-dealkylation sites (N-methyl/N-ethyl adjacent to an activating group) is 2. The molecule has 1 aromatic rings. The fraction of sp³-hybridized carbons (Fsp3) is 0.562. The summed E-state index contributed by atoms with van der Waals surface area (Å²) in [4.78, 5) is 14.3. The van der Waals surface area contributed by atoms with Crippen molar-refractivity contribution in [1.82, 2.24) is 14.5 Å². The zero-order chi connectivity index (χ0) is 17.7. The molecule has 0 aliphatic carbocycles. The number of nitrogens with zero attached hydrogens (tertiary/aromatic N) is 2. The van der Waals surface area contributed by atoms with Gasteiger partial charge in [0.25, 0.3) is 0 Å². The van der Waals surface area contributed by atoms with Crippen LogP contribution in [0.5, 0.6) is 0 Å². The van der Waals surface area contributed by atoms with Crippen LogP contribution in [0.2, 0.25) is 5.02 Å². The van der Waals surface area contributed by atoms with E-state index < -0.39 is 10.0 Å². The lowest BCUT2D eigenvalue weighted by atomic mass is 9.97. The number of carbonyl (C=O) groups is 1. The van der Waals surface area contributed by atoms with Crippen LogP contribution in [0.4, 0.5) is 0 Å². The van der Waals surface area contributed by atoms with Crippen LogP contribution >= 0.6 is 24.0 Å². The number of rotatable bonds is 6. The van der Waals surface area contributed by atoms with E-state index in [2.05, 4.69) is 5.32 Å². The van der Waals surface area contributed by atoms with Crippen LogP contribution in [0.1, 0.15) is 12.8 Å². The highest BCUT2D eigenvalue weighted by atomic mass is 35.5. The van der Waals surface area contributed by atoms with Crippen molar-refractivity contribution in [3.8, 4) is 0 Å². The summed E-state index contributed by atoms with van der Waals surface area (Å²) in [5.41, 5.74) is 0. The van der Waals surface area contributed by atoms with Crippen molar-refractivity contribution in [3.05, 3.63) is 29.3 Å². The topological polar surface area (TPSA) is 69.7 Å². The highest BCUT2D eigenvalue weighted by Crippen LogP contribution is 2.25. The minimum absolute atomic E-state index is 0. The molecule has 0 aromatic heterocycles. The maximum Gasteiger partial charge on any atom is 0.243 e. The summed E-state index contributed by atoms with van der Waals surface area (Å²) < 4.78 is 26.7. The molecule has 9 heteroatoms. The second kappa shape index (κ2) is 9.73. The molecule has 0 radical (unpaired) electrons. The first-order chi connectivity index (χ1) is 11.4. The maximum absolute atomic E-state index is 12.6. The predicted octanol–water partition coefficient (Wildman–Crippen LogP) is 1.84. The highest BCUT2D eigenvalue weighted by Gasteiger charge is 2.32. The lowest BCUT2D eigenvalue weighted by Crippen LogP contribution is -2.44. The first kappa shape index (κ1) is 22.2. The molecule has 1 amide bonds. The summed E-state index contributed by atoms with van der Waals surface area (Å²) >= 11 is 5.81. The van der Waals surface area contributed by atoms with Crippen molar-refractivity contribution in [2.45, 2.75) is 17.7 Å². The average Bonchev–Trinajstić information content (AvgIpc) is 2.59. The molecular formula is C16H25Cl2N3O3S. The van der Waals surface area contributed by atoms with Crippen molar-refractivity contribution in [2.75, 3.05) is 40.3 Å². The molecular weight excluding hydrogens is 385 g/mol. The Morgan fingerprint density at radius 2 is 1.84 bits per heavy atom. The van der Waals surface area contributed by atoms with Gasteiger partial charge in [-0.3, -0.25) is 4.79 Å². The Bertz CT molecular complexity index is 660. The third-order valence-electron chi connectivity index (χ3n) is 4.33. The third-order valence-corrected chi connectivity index (χ3v) is 6.49. The van der Waals surface area contributed by atoms with Gasteiger partial charge in [0.15, 0.2) is 0 Å². The molecule has 2 rings (SSSR count). The summed E-state index contributed by atoms with van der Waals surface area (Å²) in [6.07, 6.45) is 1.10. The summed E-state index contributed by atoms with van der Waals surface area (Å²) in [7, 11) is 0.111. The van der Waals surface area contributed by atoms with E-state index in [4.69, 9.17) is 11.6 Å². The Labute approximate surface area is 161 Å². The number of hydrogen-bond donors (Lipinski definition) is 1. The van der Waals surface area contributed by atoms with Crippen LogP contribution in [0.3, 0.4) is 0 Å². The fourth-order valence-electron chi connectivity index (χ4n) is 2.80. The van der Waals surface area contributed by atoms with Crippen molar-refractivity contribution >= 4 is 39.9 Å². The molecule has 1 saturated heterocycles. The zero-order valence-electron chi connectivity index (χ0n) is 14.4. The molecule has 0 unspecified atom stereocenters. The van der Waals surface area contributed by atoms with Gasteiger partial charge >= 0.3 is 0 Å². The van der Waals surface area contributed by atoms with E-state index in [1.165, 1.54) is 16.4 Å². The smallest absolute Gasteiger partial charge is 0.243 e. The van der Waals surface area contributed by atoms with Crippen LogP contribution in [-0.2, 0) is 14.8 Å². The van der Waals surface area contributed by atoms with E-state index in [0.717, 1.165) is 6.54 Å². The van der Waals surface area contributed by atoms with Crippen LogP contribution < -0.4 is 5.32 Å². The Kier molecular flexibility index (Phi) is 8.63. The van der Waals surface area contributed by atoms with Gasteiger partial charge in [-0.1, -0.05) is 11.6 Å². The van der Waals surface area contributed by atoms with Gasteiger partial charge in [-0.15, -0.1) is 12.4 Å². The summed E-state index contributed by atoms with van der Waals surface area (Å²) in [5, 5.41) is 3.52. The quantitative estimate of drug-likeness (QED) is 0.777. The van der Waals surface area contributed by atoms with Gasteiger partial charge < -0.3 is 10.2 Å². The molecule has 1 fully saturated rings. The summed E-state index contributed by atoms with van der Waals surface area (Å²) in [5.74, 6) is -0.0164. The fourth-order valence-corrected chi connectivity index (χ4v) is 4.40. The molecule has 1 heterocycles. The van der Waals surface area contributed by atoms with Gasteiger partial charge in [-0.2, -0.15) is 4.31 Å². The molecule has 1 aromatic carbocycles. The predicted molar refractivity (Wildman–Crippen MR) is 102 cm³/mol. The van der Waals surface area contributed by atoms with Crippen LogP contribution in [0.25, 0.3) is 0 Å². The van der Waals surface area contributed by atoms with Crippen LogP contribution in [-0.4, -0.2) is 63.8 Å². The third kappa shape index (κ3) is 5.56. The van der Waals surface area contributed by atoms with Crippen molar-refractivity contribution in [3.63, 3.8) is 0 Å². The maximum atomic E-state index is 12.6. The van der Waals surface area contributed by atoms with E-state index in [9.17, 15) is 13.2 Å². The normalized spacial score (nSPS) is 16.3. The SMILES string of the molecule is CNCCN(C)C(=O)C1CCN(S(=O)(=O)c2ccc(Cl)cc2)CC1.Cl. The molecule has 0 bridgehead atoms. The molecule has 1 aliphatic heterocycles. The lowest BCUT2D eigenvalue weighted by Gasteiger charge is -2.32. The number of benzene rings is 1. The summed E-state index contributed by atoms with van der Waals surface area (Å²) in [6.45, 7) is 2.12. The van der Waals surface area contributed by atoms with Gasteiger partial charge in [-0.25, -0.2) is 8.42 Å². The van der Waals surface area contributed by atoms with E-state index in [0.29, 0.717) is 37.5 Å². The van der Waals surface area contributed by atoms with E-state index in [1.807, 2.05) is 7.05 Å². The van der Waals surface area contributed by atoms with E-state index >= 15 is 0 Å². The van der Waals surface area contributed by atoms with Crippen molar-refractivity contribution < 1.29 is 13.2 Å². The Morgan fingerprint density at radius 1 is 1.28 bits per heavy atom. The highest BCUT2D eigenvalue weighted by molar-refractivity contribution is 7.89. The minimum atomic E-state index is -3.52. The molecule has 25 heavy (non-hydrogen) atoms. The molecule has 142 valence electrons. The molecule has 0 atom stereocenters.